The van der Waals surface area contributed by atoms with Gasteiger partial charge < -0.3 is 14.6 Å². The molecular formula is C9H14O5. The highest BCUT2D eigenvalue weighted by molar-refractivity contribution is 6.06. The zero-order valence-electron chi connectivity index (χ0n) is 8.44. The number of carbonyl (C=O) groups excluding carboxylic acids is 2. The van der Waals surface area contributed by atoms with Gasteiger partial charge in [-0.05, 0) is 5.92 Å². The molecule has 2 atom stereocenters. The molecule has 14 heavy (non-hydrogen) atoms. The van der Waals surface area contributed by atoms with Gasteiger partial charge in [0.25, 0.3) is 0 Å². The number of hydrogen-bond donors (Lipinski definition) is 1. The molecule has 0 spiro atoms. The fraction of sp³-hybridized carbons (Fsp3) is 0.778. The van der Waals surface area contributed by atoms with Gasteiger partial charge in [-0.1, -0.05) is 13.8 Å². The van der Waals surface area contributed by atoms with E-state index in [1.165, 1.54) is 0 Å². The Hall–Kier alpha value is -0.940. The number of Topliss-reactive ketones (excluding diaryl/α,β-unsaturated/α-hetero) is 1. The second-order valence-corrected chi connectivity index (χ2v) is 3.66. The standard InChI is InChI=1S/C9H14O5/c1-5(2)6-4-7(10)9(12,14-6)8(11)13-3/h5-6,12H,4H2,1-3H3. The number of ketones is 1. The lowest BCUT2D eigenvalue weighted by atomic mass is 10.0. The number of rotatable bonds is 2. The summed E-state index contributed by atoms with van der Waals surface area (Å²) in [5.41, 5.74) is 0. The third kappa shape index (κ3) is 1.65. The first-order valence-electron chi connectivity index (χ1n) is 4.43. The van der Waals surface area contributed by atoms with Gasteiger partial charge in [0.05, 0.1) is 13.2 Å². The molecule has 0 aromatic heterocycles. The molecule has 1 N–H and O–H groups in total. The van der Waals surface area contributed by atoms with Crippen LogP contribution >= 0.6 is 0 Å². The molecule has 0 aromatic carbocycles. The Morgan fingerprint density at radius 3 is 2.64 bits per heavy atom. The summed E-state index contributed by atoms with van der Waals surface area (Å²) in [7, 11) is 1.10. The molecule has 1 aliphatic rings. The van der Waals surface area contributed by atoms with Gasteiger partial charge in [0.2, 0.25) is 5.78 Å². The fourth-order valence-electron chi connectivity index (χ4n) is 1.32. The van der Waals surface area contributed by atoms with Crippen molar-refractivity contribution in [3.63, 3.8) is 0 Å². The topological polar surface area (TPSA) is 72.8 Å². The molecule has 0 radical (unpaired) electrons. The summed E-state index contributed by atoms with van der Waals surface area (Å²) in [6.07, 6.45) is -0.380. The largest absolute Gasteiger partial charge is 0.465 e. The molecule has 1 fully saturated rings. The Kier molecular flexibility index (Phi) is 2.92. The highest BCUT2D eigenvalue weighted by atomic mass is 16.7. The van der Waals surface area contributed by atoms with E-state index in [0.717, 1.165) is 7.11 Å². The summed E-state index contributed by atoms with van der Waals surface area (Å²) >= 11 is 0. The summed E-state index contributed by atoms with van der Waals surface area (Å²) in [6.45, 7) is 3.70. The molecule has 0 aromatic rings. The van der Waals surface area contributed by atoms with Gasteiger partial charge in [-0.3, -0.25) is 4.79 Å². The van der Waals surface area contributed by atoms with Gasteiger partial charge in [0.15, 0.2) is 0 Å². The minimum absolute atomic E-state index is 0.0449. The minimum atomic E-state index is -2.39. The van der Waals surface area contributed by atoms with E-state index in [1.807, 2.05) is 13.8 Å². The van der Waals surface area contributed by atoms with E-state index in [2.05, 4.69) is 4.74 Å². The third-order valence-corrected chi connectivity index (χ3v) is 2.29. The van der Waals surface area contributed by atoms with Crippen LogP contribution in [0.2, 0.25) is 0 Å². The summed E-state index contributed by atoms with van der Waals surface area (Å²) in [5.74, 6) is -4.00. The van der Waals surface area contributed by atoms with Crippen LogP contribution in [-0.2, 0) is 19.1 Å². The fourth-order valence-corrected chi connectivity index (χ4v) is 1.32. The van der Waals surface area contributed by atoms with Crippen LogP contribution in [-0.4, -0.2) is 35.9 Å². The van der Waals surface area contributed by atoms with Crippen molar-refractivity contribution >= 4 is 11.8 Å². The van der Waals surface area contributed by atoms with E-state index >= 15 is 0 Å². The van der Waals surface area contributed by atoms with Gasteiger partial charge in [0.1, 0.15) is 0 Å². The summed E-state index contributed by atoms with van der Waals surface area (Å²) in [6, 6.07) is 0. The number of methoxy groups -OCH3 is 1. The quantitative estimate of drug-likeness (QED) is 0.498. The SMILES string of the molecule is COC(=O)C1(O)OC(C(C)C)CC1=O. The van der Waals surface area contributed by atoms with Crippen LogP contribution < -0.4 is 0 Å². The molecule has 0 saturated carbocycles. The van der Waals surface area contributed by atoms with E-state index in [-0.39, 0.29) is 12.3 Å². The van der Waals surface area contributed by atoms with Crippen LogP contribution in [0.15, 0.2) is 0 Å². The average Bonchev–Trinajstić information content (AvgIpc) is 2.43. The van der Waals surface area contributed by atoms with Crippen molar-refractivity contribution in [2.24, 2.45) is 5.92 Å². The second-order valence-electron chi connectivity index (χ2n) is 3.66. The first-order valence-corrected chi connectivity index (χ1v) is 4.43. The maximum absolute atomic E-state index is 11.3. The van der Waals surface area contributed by atoms with E-state index in [9.17, 15) is 14.7 Å². The Morgan fingerprint density at radius 1 is 1.71 bits per heavy atom. The number of carbonyl (C=O) groups is 2. The van der Waals surface area contributed by atoms with E-state index < -0.39 is 23.6 Å². The molecule has 1 rings (SSSR count). The molecule has 0 amide bonds. The smallest absolute Gasteiger partial charge is 0.374 e. The summed E-state index contributed by atoms with van der Waals surface area (Å²) in [4.78, 5) is 22.4. The van der Waals surface area contributed by atoms with Crippen molar-refractivity contribution in [1.29, 1.82) is 0 Å². The van der Waals surface area contributed by atoms with Gasteiger partial charge in [0, 0.05) is 6.42 Å². The van der Waals surface area contributed by atoms with Crippen LogP contribution in [0.1, 0.15) is 20.3 Å². The predicted octanol–water partition coefficient (Wildman–Crippen LogP) is -0.138. The van der Waals surface area contributed by atoms with Crippen LogP contribution in [0.25, 0.3) is 0 Å². The van der Waals surface area contributed by atoms with Gasteiger partial charge in [-0.25, -0.2) is 4.79 Å². The lowest BCUT2D eigenvalue weighted by Crippen LogP contribution is -2.45. The van der Waals surface area contributed by atoms with Crippen molar-refractivity contribution in [2.75, 3.05) is 7.11 Å². The molecule has 2 unspecified atom stereocenters. The van der Waals surface area contributed by atoms with E-state index in [4.69, 9.17) is 4.74 Å². The van der Waals surface area contributed by atoms with E-state index in [1.54, 1.807) is 0 Å². The zero-order valence-corrected chi connectivity index (χ0v) is 8.44. The predicted molar refractivity (Wildman–Crippen MR) is 46.3 cm³/mol. The van der Waals surface area contributed by atoms with Crippen LogP contribution in [0, 0.1) is 5.92 Å². The lowest BCUT2D eigenvalue weighted by molar-refractivity contribution is -0.219. The summed E-state index contributed by atoms with van der Waals surface area (Å²) < 4.78 is 9.31. The third-order valence-electron chi connectivity index (χ3n) is 2.29. The van der Waals surface area contributed by atoms with Gasteiger partial charge in [-0.15, -0.1) is 0 Å². The molecule has 1 heterocycles. The molecule has 0 bridgehead atoms. The minimum Gasteiger partial charge on any atom is -0.465 e. The normalized spacial score (nSPS) is 32.4. The van der Waals surface area contributed by atoms with E-state index in [0.29, 0.717) is 0 Å². The zero-order chi connectivity index (χ0) is 10.9. The molecule has 1 aliphatic heterocycles. The summed E-state index contributed by atoms with van der Waals surface area (Å²) in [5, 5.41) is 9.60. The van der Waals surface area contributed by atoms with Crippen molar-refractivity contribution in [3.05, 3.63) is 0 Å². The highest BCUT2D eigenvalue weighted by Crippen LogP contribution is 2.29. The first-order chi connectivity index (χ1) is 6.41. The van der Waals surface area contributed by atoms with Crippen molar-refractivity contribution in [2.45, 2.75) is 32.2 Å². The van der Waals surface area contributed by atoms with Crippen molar-refractivity contribution < 1.29 is 24.2 Å². The van der Waals surface area contributed by atoms with Crippen LogP contribution in [0.4, 0.5) is 0 Å². The number of ether oxygens (including phenoxy) is 2. The Bertz CT molecular complexity index is 260. The molecule has 1 saturated heterocycles. The monoisotopic (exact) mass is 202 g/mol. The number of hydrogen-bond acceptors (Lipinski definition) is 5. The van der Waals surface area contributed by atoms with Crippen molar-refractivity contribution in [1.82, 2.24) is 0 Å². The lowest BCUT2D eigenvalue weighted by Gasteiger charge is -2.19. The maximum Gasteiger partial charge on any atom is 0.374 e. The van der Waals surface area contributed by atoms with Gasteiger partial charge in [-0.2, -0.15) is 0 Å². The number of aliphatic hydroxyl groups is 1. The Labute approximate surface area is 82.0 Å². The Morgan fingerprint density at radius 2 is 2.29 bits per heavy atom. The number of esters is 1. The van der Waals surface area contributed by atoms with Crippen molar-refractivity contribution in [3.8, 4) is 0 Å². The molecule has 80 valence electrons. The van der Waals surface area contributed by atoms with Crippen LogP contribution in [0.3, 0.4) is 0 Å². The average molecular weight is 202 g/mol. The molecule has 5 nitrogen and oxygen atoms in total. The molecular weight excluding hydrogens is 188 g/mol. The first kappa shape index (κ1) is 11.1. The highest BCUT2D eigenvalue weighted by Gasteiger charge is 2.54. The second kappa shape index (κ2) is 3.67. The maximum atomic E-state index is 11.3. The molecule has 0 aliphatic carbocycles. The Balaban J connectivity index is 2.83. The molecule has 5 heteroatoms. The van der Waals surface area contributed by atoms with Crippen LogP contribution in [0.5, 0.6) is 0 Å². The van der Waals surface area contributed by atoms with Gasteiger partial charge >= 0.3 is 11.8 Å².